The molecule has 0 heterocycles. The van der Waals surface area contributed by atoms with Gasteiger partial charge in [-0.3, -0.25) is 0 Å². The van der Waals surface area contributed by atoms with Crippen LogP contribution in [0.15, 0.2) is 24.3 Å². The van der Waals surface area contributed by atoms with Crippen LogP contribution in [0, 0.1) is 6.57 Å². The zero-order valence-electron chi connectivity index (χ0n) is 5.89. The highest BCUT2D eigenvalue weighted by Gasteiger charge is 2.29. The fraction of sp³-hybridized carbons (Fsp3) is 0.125. The van der Waals surface area contributed by atoms with E-state index in [1.807, 2.05) is 0 Å². The second-order valence-electron chi connectivity index (χ2n) is 2.16. The Labute approximate surface area is 67.3 Å². The zero-order chi connectivity index (χ0) is 9.19. The molecule has 0 amide bonds. The first-order chi connectivity index (χ1) is 5.54. The van der Waals surface area contributed by atoms with Crippen molar-refractivity contribution in [2.45, 2.75) is 6.18 Å². The lowest BCUT2D eigenvalue weighted by Crippen LogP contribution is -2.03. The van der Waals surface area contributed by atoms with Crippen molar-refractivity contribution in [3.05, 3.63) is 41.2 Å². The smallest absolute Gasteiger partial charge is 0.238 e. The molecule has 0 aliphatic heterocycles. The van der Waals surface area contributed by atoms with Crippen molar-refractivity contribution in [2.75, 3.05) is 0 Å². The summed E-state index contributed by atoms with van der Waals surface area (Å²) in [4.78, 5) is 2.89. The molecule has 0 fully saturated rings. The predicted octanol–water partition coefficient (Wildman–Crippen LogP) is 3.26. The number of alkyl halides is 3. The molecule has 0 N–H and O–H groups in total. The number of hydrogen-bond acceptors (Lipinski definition) is 0. The quantitative estimate of drug-likeness (QED) is 0.527. The maximum absolute atomic E-state index is 12.0. The van der Waals surface area contributed by atoms with Crippen LogP contribution in [0.4, 0.5) is 18.9 Å². The molecule has 0 unspecified atom stereocenters. The van der Waals surface area contributed by atoms with Crippen molar-refractivity contribution in [3.8, 4) is 0 Å². The Bertz CT molecular complexity index is 322. The minimum absolute atomic E-state index is 0.00447. The molecule has 62 valence electrons. The van der Waals surface area contributed by atoms with Gasteiger partial charge in [0.15, 0.2) is 5.69 Å². The van der Waals surface area contributed by atoms with Crippen LogP contribution >= 0.6 is 0 Å². The van der Waals surface area contributed by atoms with Crippen molar-refractivity contribution >= 4 is 5.69 Å². The Hall–Kier alpha value is -1.50. The lowest BCUT2D eigenvalue weighted by molar-refractivity contribution is -0.137. The number of rotatable bonds is 0. The van der Waals surface area contributed by atoms with Gasteiger partial charge in [-0.1, -0.05) is 18.2 Å². The van der Waals surface area contributed by atoms with Crippen LogP contribution in [0.5, 0.6) is 0 Å². The Balaban J connectivity index is 3.13. The van der Waals surface area contributed by atoms with Crippen LogP contribution in [-0.2, 0) is 6.18 Å². The molecule has 1 aromatic carbocycles. The third-order valence-electron chi connectivity index (χ3n) is 1.30. The maximum Gasteiger partial charge on any atom is 0.415 e. The molecule has 0 aliphatic carbocycles. The van der Waals surface area contributed by atoms with Gasteiger partial charge < -0.3 is 0 Å². The first-order valence-electron chi connectivity index (χ1n) is 3.09. The highest BCUT2D eigenvalue weighted by molar-refractivity contribution is 5.47. The molecule has 4 heteroatoms. The molecular formula is C8H4F3N. The molecule has 0 atom stereocenters. The Morgan fingerprint density at radius 1 is 1.25 bits per heavy atom. The molecule has 0 aromatic heterocycles. The maximum atomic E-state index is 12.0. The molecular weight excluding hydrogens is 167 g/mol. The highest BCUT2D eigenvalue weighted by Crippen LogP contribution is 2.31. The van der Waals surface area contributed by atoms with Crippen molar-refractivity contribution in [2.24, 2.45) is 0 Å². The normalized spacial score (nSPS) is 10.8. The Morgan fingerprint density at radius 2 is 1.92 bits per heavy atom. The lowest BCUT2D eigenvalue weighted by atomic mass is 10.2. The highest BCUT2D eigenvalue weighted by atomic mass is 19.4. The van der Waals surface area contributed by atoms with Crippen molar-refractivity contribution in [1.29, 1.82) is 0 Å². The van der Waals surface area contributed by atoms with E-state index in [0.29, 0.717) is 0 Å². The Kier molecular flexibility index (Phi) is 2.05. The van der Waals surface area contributed by atoms with E-state index < -0.39 is 11.7 Å². The molecule has 0 bridgehead atoms. The number of nitrogens with zero attached hydrogens (tertiary/aromatic N) is 1. The van der Waals surface area contributed by atoms with Gasteiger partial charge in [-0.05, 0) is 6.07 Å². The summed E-state index contributed by atoms with van der Waals surface area (Å²) in [6.45, 7) is 6.50. The van der Waals surface area contributed by atoms with Gasteiger partial charge in [-0.2, -0.15) is 13.2 Å². The van der Waals surface area contributed by atoms with E-state index >= 15 is 0 Å². The largest absolute Gasteiger partial charge is 0.415 e. The summed E-state index contributed by atoms with van der Waals surface area (Å²) in [5, 5.41) is 0. The van der Waals surface area contributed by atoms with Crippen molar-refractivity contribution in [1.82, 2.24) is 0 Å². The zero-order valence-corrected chi connectivity index (χ0v) is 5.89. The van der Waals surface area contributed by atoms with Gasteiger partial charge >= 0.3 is 6.18 Å². The summed E-state index contributed by atoms with van der Waals surface area (Å²) in [5.41, 5.74) is -0.777. The monoisotopic (exact) mass is 171 g/mol. The van der Waals surface area contributed by atoms with E-state index in [-0.39, 0.29) is 5.69 Å². The first kappa shape index (κ1) is 8.60. The fourth-order valence-corrected chi connectivity index (χ4v) is 0.752. The van der Waals surface area contributed by atoms with Gasteiger partial charge in [0.05, 0.1) is 6.57 Å². The van der Waals surface area contributed by atoms with Crippen LogP contribution in [0.1, 0.15) is 5.56 Å². The van der Waals surface area contributed by atoms with Crippen LogP contribution < -0.4 is 0 Å². The number of benzene rings is 1. The standard InChI is InChI=1S/C8H4F3N/c1-12-7-4-2-3-6(5-7)8(9,10)11/h2-5H. The van der Waals surface area contributed by atoms with Gasteiger partial charge in [0.1, 0.15) is 0 Å². The molecule has 0 aliphatic rings. The molecule has 0 radical (unpaired) electrons. The minimum atomic E-state index is -4.36. The third-order valence-corrected chi connectivity index (χ3v) is 1.30. The number of hydrogen-bond donors (Lipinski definition) is 0. The van der Waals surface area contributed by atoms with Crippen LogP contribution in [0.2, 0.25) is 0 Å². The molecule has 0 saturated heterocycles. The van der Waals surface area contributed by atoms with Gasteiger partial charge in [-0.25, -0.2) is 4.85 Å². The summed E-state index contributed by atoms with van der Waals surface area (Å²) in [6.07, 6.45) is -4.36. The molecule has 1 aromatic rings. The van der Waals surface area contributed by atoms with Crippen LogP contribution in [-0.4, -0.2) is 0 Å². The molecule has 1 rings (SSSR count). The second-order valence-corrected chi connectivity index (χ2v) is 2.16. The van der Waals surface area contributed by atoms with E-state index in [2.05, 4.69) is 4.85 Å². The molecule has 0 saturated carbocycles. The summed E-state index contributed by atoms with van der Waals surface area (Å²) >= 11 is 0. The predicted molar refractivity (Wildman–Crippen MR) is 37.7 cm³/mol. The van der Waals surface area contributed by atoms with E-state index in [9.17, 15) is 13.2 Å². The number of halogens is 3. The van der Waals surface area contributed by atoms with E-state index in [1.54, 1.807) is 0 Å². The second kappa shape index (κ2) is 2.86. The van der Waals surface area contributed by atoms with Gasteiger partial charge in [0, 0.05) is 5.56 Å². The van der Waals surface area contributed by atoms with E-state index in [0.717, 1.165) is 12.1 Å². The van der Waals surface area contributed by atoms with Gasteiger partial charge in [0.25, 0.3) is 0 Å². The first-order valence-corrected chi connectivity index (χ1v) is 3.09. The average molecular weight is 171 g/mol. The van der Waals surface area contributed by atoms with E-state index in [1.165, 1.54) is 12.1 Å². The molecule has 0 spiro atoms. The SMILES string of the molecule is [C-]#[N+]c1cccc(C(F)(F)F)c1. The third kappa shape index (κ3) is 1.76. The van der Waals surface area contributed by atoms with Gasteiger partial charge in [-0.15, -0.1) is 0 Å². The van der Waals surface area contributed by atoms with Crippen LogP contribution in [0.25, 0.3) is 4.85 Å². The van der Waals surface area contributed by atoms with Crippen LogP contribution in [0.3, 0.4) is 0 Å². The molecule has 12 heavy (non-hydrogen) atoms. The summed E-state index contributed by atoms with van der Waals surface area (Å²) in [6, 6.07) is 4.32. The summed E-state index contributed by atoms with van der Waals surface area (Å²) < 4.78 is 36.0. The minimum Gasteiger partial charge on any atom is -0.238 e. The van der Waals surface area contributed by atoms with Gasteiger partial charge in [0.2, 0.25) is 0 Å². The topological polar surface area (TPSA) is 4.36 Å². The van der Waals surface area contributed by atoms with E-state index in [4.69, 9.17) is 6.57 Å². The summed E-state index contributed by atoms with van der Waals surface area (Å²) in [5.74, 6) is 0. The fourth-order valence-electron chi connectivity index (χ4n) is 0.752. The van der Waals surface area contributed by atoms with Crippen molar-refractivity contribution < 1.29 is 13.2 Å². The Morgan fingerprint density at radius 3 is 2.42 bits per heavy atom. The summed E-state index contributed by atoms with van der Waals surface area (Å²) in [7, 11) is 0. The average Bonchev–Trinajstić information content (AvgIpc) is 2.03. The van der Waals surface area contributed by atoms with Crippen molar-refractivity contribution in [3.63, 3.8) is 0 Å². The lowest BCUT2D eigenvalue weighted by Gasteiger charge is -2.05. The molecule has 1 nitrogen and oxygen atoms in total.